The van der Waals surface area contributed by atoms with Gasteiger partial charge in [-0.05, 0) is 13.3 Å². The molecule has 0 saturated carbocycles. The second-order valence-electron chi connectivity index (χ2n) is 7.26. The normalized spacial score (nSPS) is 15.4. The molecule has 1 heterocycles. The molecule has 0 spiro atoms. The van der Waals surface area contributed by atoms with Crippen molar-refractivity contribution in [2.45, 2.75) is 56.5 Å². The molecular formula is C18H29N7O7S. The summed E-state index contributed by atoms with van der Waals surface area (Å²) in [6, 6.07) is -5.28. The Kier molecular flexibility index (Phi) is 11.3. The number of aromatic nitrogens is 2. The third kappa shape index (κ3) is 9.46. The number of thiol groups is 1. The summed E-state index contributed by atoms with van der Waals surface area (Å²) in [5, 5.41) is 26.3. The number of carboxylic acid groups (broad SMARTS) is 1. The third-order valence-electron chi connectivity index (χ3n) is 4.50. The number of aliphatic carboxylic acids is 1. The molecule has 15 heteroatoms. The number of imidazole rings is 1. The van der Waals surface area contributed by atoms with Gasteiger partial charge in [-0.3, -0.25) is 19.2 Å². The molecule has 5 atom stereocenters. The molecule has 184 valence electrons. The summed E-state index contributed by atoms with van der Waals surface area (Å²) in [5.74, 6) is -4.69. The Morgan fingerprint density at radius 2 is 1.76 bits per heavy atom. The van der Waals surface area contributed by atoms with Crippen molar-refractivity contribution in [3.05, 3.63) is 18.2 Å². The van der Waals surface area contributed by atoms with Gasteiger partial charge in [0.15, 0.2) is 0 Å². The van der Waals surface area contributed by atoms with Crippen LogP contribution in [-0.2, 0) is 30.4 Å². The van der Waals surface area contributed by atoms with Crippen LogP contribution in [0.5, 0.6) is 0 Å². The summed E-state index contributed by atoms with van der Waals surface area (Å²) in [7, 11) is 0. The Hall–Kier alpha value is -3.17. The maximum atomic E-state index is 12.7. The Bertz CT molecular complexity index is 834. The molecule has 10 N–H and O–H groups in total. The number of carbonyl (C=O) groups excluding carboxylic acids is 4. The Morgan fingerprint density at radius 1 is 1.12 bits per heavy atom. The summed E-state index contributed by atoms with van der Waals surface area (Å²) in [6.45, 7) is 1.21. The predicted molar refractivity (Wildman–Crippen MR) is 118 cm³/mol. The summed E-state index contributed by atoms with van der Waals surface area (Å²) in [5.41, 5.74) is 11.1. The van der Waals surface area contributed by atoms with Crippen LogP contribution < -0.4 is 27.4 Å². The van der Waals surface area contributed by atoms with E-state index in [9.17, 15) is 34.2 Å². The van der Waals surface area contributed by atoms with Crippen LogP contribution >= 0.6 is 12.6 Å². The number of nitrogens with one attached hydrogen (secondary N) is 4. The van der Waals surface area contributed by atoms with Crippen LogP contribution in [0.2, 0.25) is 0 Å². The van der Waals surface area contributed by atoms with E-state index in [0.29, 0.717) is 5.69 Å². The van der Waals surface area contributed by atoms with Gasteiger partial charge in [0.1, 0.15) is 18.1 Å². The summed E-state index contributed by atoms with van der Waals surface area (Å²) >= 11 is 3.90. The van der Waals surface area contributed by atoms with Crippen LogP contribution in [0.1, 0.15) is 25.5 Å². The smallest absolute Gasteiger partial charge is 0.326 e. The molecule has 1 aromatic rings. The molecule has 0 aliphatic heterocycles. The van der Waals surface area contributed by atoms with Crippen LogP contribution in [0.3, 0.4) is 0 Å². The zero-order valence-electron chi connectivity index (χ0n) is 17.9. The number of carboxylic acids is 1. The molecular weight excluding hydrogens is 458 g/mol. The van der Waals surface area contributed by atoms with Crippen LogP contribution in [-0.4, -0.2) is 85.8 Å². The van der Waals surface area contributed by atoms with Gasteiger partial charge in [0.05, 0.1) is 18.5 Å². The Labute approximate surface area is 194 Å². The fourth-order valence-electron chi connectivity index (χ4n) is 2.65. The first-order valence-electron chi connectivity index (χ1n) is 9.90. The number of rotatable bonds is 14. The van der Waals surface area contributed by atoms with Gasteiger partial charge in [-0.2, -0.15) is 12.6 Å². The minimum atomic E-state index is -1.56. The van der Waals surface area contributed by atoms with Crippen molar-refractivity contribution in [1.82, 2.24) is 25.9 Å². The minimum absolute atomic E-state index is 0.0123. The van der Waals surface area contributed by atoms with Gasteiger partial charge in [0.2, 0.25) is 23.6 Å². The summed E-state index contributed by atoms with van der Waals surface area (Å²) in [6.07, 6.45) is 0.721. The number of aliphatic hydroxyl groups excluding tert-OH is 1. The lowest BCUT2D eigenvalue weighted by atomic mass is 10.1. The van der Waals surface area contributed by atoms with E-state index in [1.54, 1.807) is 0 Å². The second kappa shape index (κ2) is 13.4. The number of carbonyl (C=O) groups is 5. The molecule has 0 saturated heterocycles. The quantitative estimate of drug-likeness (QED) is 0.117. The van der Waals surface area contributed by atoms with Crippen molar-refractivity contribution in [2.75, 3.05) is 5.75 Å². The number of H-pyrrole nitrogens is 1. The zero-order chi connectivity index (χ0) is 25.1. The predicted octanol–water partition coefficient (Wildman–Crippen LogP) is -3.61. The monoisotopic (exact) mass is 487 g/mol. The first-order valence-corrected chi connectivity index (χ1v) is 10.5. The largest absolute Gasteiger partial charge is 0.480 e. The van der Waals surface area contributed by atoms with E-state index in [1.807, 2.05) is 0 Å². The minimum Gasteiger partial charge on any atom is -0.480 e. The molecule has 0 aliphatic rings. The highest BCUT2D eigenvalue weighted by Crippen LogP contribution is 2.04. The maximum Gasteiger partial charge on any atom is 0.326 e. The number of aliphatic hydroxyl groups is 1. The van der Waals surface area contributed by atoms with Gasteiger partial charge in [-0.1, -0.05) is 0 Å². The number of hydrogen-bond donors (Lipinski definition) is 9. The Balaban J connectivity index is 2.94. The molecule has 5 unspecified atom stereocenters. The summed E-state index contributed by atoms with van der Waals surface area (Å²) in [4.78, 5) is 66.6. The van der Waals surface area contributed by atoms with Crippen LogP contribution in [0.4, 0.5) is 0 Å². The molecule has 0 aliphatic carbocycles. The lowest BCUT2D eigenvalue weighted by Crippen LogP contribution is -2.60. The molecule has 4 amide bonds. The van der Waals surface area contributed by atoms with E-state index in [-0.39, 0.29) is 25.0 Å². The van der Waals surface area contributed by atoms with Crippen LogP contribution in [0.15, 0.2) is 12.5 Å². The van der Waals surface area contributed by atoms with Gasteiger partial charge in [-0.25, -0.2) is 9.78 Å². The van der Waals surface area contributed by atoms with Gasteiger partial charge in [0.25, 0.3) is 0 Å². The molecule has 1 aromatic heterocycles. The zero-order valence-corrected chi connectivity index (χ0v) is 18.7. The lowest BCUT2D eigenvalue weighted by Gasteiger charge is -2.26. The van der Waals surface area contributed by atoms with Crippen LogP contribution in [0.25, 0.3) is 0 Å². The molecule has 0 aromatic carbocycles. The standard InChI is InChI=1S/C18H29N7O7S/c1-8(26)14(17(30)24-12(18(31)32)4-9-5-21-7-22-9)25-16(29)11(2-3-13(20)27)23-15(28)10(19)6-33/h5,7-8,10-12,14,26,33H,2-4,6,19H2,1H3,(H2,20,27)(H,21,22)(H,23,28)(H,24,30)(H,25,29)(H,31,32). The average molecular weight is 488 g/mol. The number of amides is 4. The third-order valence-corrected chi connectivity index (χ3v) is 4.90. The van der Waals surface area contributed by atoms with E-state index >= 15 is 0 Å². The van der Waals surface area contributed by atoms with Gasteiger partial charge >= 0.3 is 5.97 Å². The Morgan fingerprint density at radius 3 is 2.24 bits per heavy atom. The molecule has 1 rings (SSSR count). The number of primary amides is 1. The fourth-order valence-corrected chi connectivity index (χ4v) is 2.82. The first-order chi connectivity index (χ1) is 15.5. The lowest BCUT2D eigenvalue weighted by molar-refractivity contribution is -0.143. The molecule has 14 nitrogen and oxygen atoms in total. The highest BCUT2D eigenvalue weighted by Gasteiger charge is 2.33. The summed E-state index contributed by atoms with van der Waals surface area (Å²) < 4.78 is 0. The maximum absolute atomic E-state index is 12.7. The van der Waals surface area contributed by atoms with E-state index < -0.39 is 59.9 Å². The highest BCUT2D eigenvalue weighted by molar-refractivity contribution is 7.80. The fraction of sp³-hybridized carbons (Fsp3) is 0.556. The van der Waals surface area contributed by atoms with E-state index in [1.165, 1.54) is 19.4 Å². The molecule has 0 fully saturated rings. The topological polar surface area (TPSA) is 243 Å². The highest BCUT2D eigenvalue weighted by atomic mass is 32.1. The molecule has 33 heavy (non-hydrogen) atoms. The number of hydrogen-bond acceptors (Lipinski definition) is 9. The van der Waals surface area contributed by atoms with Gasteiger partial charge in [-0.15, -0.1) is 0 Å². The second-order valence-corrected chi connectivity index (χ2v) is 7.63. The number of nitrogens with two attached hydrogens (primary N) is 2. The molecule has 0 bridgehead atoms. The van der Waals surface area contributed by atoms with Crippen molar-refractivity contribution in [3.8, 4) is 0 Å². The number of aromatic amines is 1. The van der Waals surface area contributed by atoms with Crippen LogP contribution in [0, 0.1) is 0 Å². The first kappa shape index (κ1) is 27.9. The SMILES string of the molecule is CC(O)C(NC(=O)C(CCC(N)=O)NC(=O)C(N)CS)C(=O)NC(Cc1cnc[nH]1)C(=O)O. The van der Waals surface area contributed by atoms with Crippen molar-refractivity contribution in [3.63, 3.8) is 0 Å². The number of nitrogens with zero attached hydrogens (tertiary/aromatic N) is 1. The van der Waals surface area contributed by atoms with E-state index in [0.717, 1.165) is 0 Å². The van der Waals surface area contributed by atoms with Crippen molar-refractivity contribution in [2.24, 2.45) is 11.5 Å². The van der Waals surface area contributed by atoms with Crippen molar-refractivity contribution >= 4 is 42.2 Å². The van der Waals surface area contributed by atoms with Gasteiger partial charge < -0.3 is 42.6 Å². The van der Waals surface area contributed by atoms with Crippen molar-refractivity contribution < 1.29 is 34.2 Å². The van der Waals surface area contributed by atoms with Gasteiger partial charge in [0, 0.05) is 30.5 Å². The van der Waals surface area contributed by atoms with Crippen molar-refractivity contribution in [1.29, 1.82) is 0 Å². The molecule has 0 radical (unpaired) electrons. The van der Waals surface area contributed by atoms with E-state index in [4.69, 9.17) is 11.5 Å². The van der Waals surface area contributed by atoms with E-state index in [2.05, 4.69) is 38.5 Å². The average Bonchev–Trinajstić information content (AvgIpc) is 3.25.